The lowest BCUT2D eigenvalue weighted by Crippen LogP contribution is -2.21. The van der Waals surface area contributed by atoms with Gasteiger partial charge in [-0.15, -0.1) is 0 Å². The van der Waals surface area contributed by atoms with Gasteiger partial charge in [-0.25, -0.2) is 13.2 Å². The number of amides is 1. The molecule has 0 aromatic heterocycles. The minimum absolute atomic E-state index is 0.418. The van der Waals surface area contributed by atoms with Crippen molar-refractivity contribution >= 4 is 34.0 Å². The van der Waals surface area contributed by atoms with Crippen molar-refractivity contribution in [2.24, 2.45) is 0 Å². The lowest BCUT2D eigenvalue weighted by Gasteiger charge is -2.11. The van der Waals surface area contributed by atoms with Gasteiger partial charge in [0.2, 0.25) is 0 Å². The van der Waals surface area contributed by atoms with Crippen LogP contribution in [-0.2, 0) is 4.79 Å². The van der Waals surface area contributed by atoms with Gasteiger partial charge in [0.15, 0.2) is 24.1 Å². The van der Waals surface area contributed by atoms with Gasteiger partial charge in [-0.1, -0.05) is 35.9 Å². The Bertz CT molecular complexity index is 962. The predicted octanol–water partition coefficient (Wildman–Crippen LogP) is 4.93. The number of hydrogen-bond donors (Lipinski definition) is 1. The molecule has 7 heteroatoms. The Hall–Kier alpha value is -2.73. The molecule has 128 valence electrons. The SMILES string of the molecule is O=C(COc1ccc(Cl)c2ccccc12)Nc1ccc(F)c(F)c1F. The molecule has 0 aliphatic rings. The summed E-state index contributed by atoms with van der Waals surface area (Å²) < 4.78 is 45.0. The molecule has 3 aromatic rings. The highest BCUT2D eigenvalue weighted by atomic mass is 35.5. The van der Waals surface area contributed by atoms with Crippen molar-refractivity contribution in [1.29, 1.82) is 0 Å². The van der Waals surface area contributed by atoms with Gasteiger partial charge in [-0.2, -0.15) is 0 Å². The zero-order valence-corrected chi connectivity index (χ0v) is 13.4. The molecule has 3 rings (SSSR count). The molecule has 3 nitrogen and oxygen atoms in total. The van der Waals surface area contributed by atoms with Crippen molar-refractivity contribution in [3.63, 3.8) is 0 Å². The Morgan fingerprint density at radius 2 is 1.68 bits per heavy atom. The molecule has 0 saturated heterocycles. The van der Waals surface area contributed by atoms with E-state index in [9.17, 15) is 18.0 Å². The first-order chi connectivity index (χ1) is 12.0. The normalized spacial score (nSPS) is 10.7. The third-order valence-corrected chi connectivity index (χ3v) is 3.83. The summed E-state index contributed by atoms with van der Waals surface area (Å²) in [6, 6.07) is 12.1. The number of hydrogen-bond acceptors (Lipinski definition) is 2. The van der Waals surface area contributed by atoms with Crippen molar-refractivity contribution in [1.82, 2.24) is 0 Å². The smallest absolute Gasteiger partial charge is 0.262 e. The summed E-state index contributed by atoms with van der Waals surface area (Å²) in [5.41, 5.74) is -0.464. The summed E-state index contributed by atoms with van der Waals surface area (Å²) in [4.78, 5) is 11.9. The molecule has 0 fully saturated rings. The first kappa shape index (κ1) is 17.1. The van der Waals surface area contributed by atoms with Gasteiger partial charge >= 0.3 is 0 Å². The number of nitrogens with one attached hydrogen (secondary N) is 1. The Kier molecular flexibility index (Phi) is 4.81. The number of anilines is 1. The van der Waals surface area contributed by atoms with E-state index in [1.54, 1.807) is 30.3 Å². The third kappa shape index (κ3) is 3.53. The number of fused-ring (bicyclic) bond motifs is 1. The monoisotopic (exact) mass is 365 g/mol. The second-order valence-electron chi connectivity index (χ2n) is 5.15. The Morgan fingerprint density at radius 3 is 2.44 bits per heavy atom. The topological polar surface area (TPSA) is 38.3 Å². The molecule has 0 spiro atoms. The lowest BCUT2D eigenvalue weighted by molar-refractivity contribution is -0.118. The van der Waals surface area contributed by atoms with Gasteiger partial charge in [0.1, 0.15) is 5.75 Å². The number of rotatable bonds is 4. The first-order valence-corrected chi connectivity index (χ1v) is 7.58. The summed E-state index contributed by atoms with van der Waals surface area (Å²) in [6.45, 7) is -0.440. The van der Waals surface area contributed by atoms with Crippen LogP contribution in [0, 0.1) is 17.5 Å². The maximum Gasteiger partial charge on any atom is 0.262 e. The summed E-state index contributed by atoms with van der Waals surface area (Å²) in [7, 11) is 0. The highest BCUT2D eigenvalue weighted by Crippen LogP contribution is 2.31. The van der Waals surface area contributed by atoms with Crippen LogP contribution in [0.1, 0.15) is 0 Å². The van der Waals surface area contributed by atoms with Crippen LogP contribution in [0.3, 0.4) is 0 Å². The third-order valence-electron chi connectivity index (χ3n) is 3.50. The van der Waals surface area contributed by atoms with Crippen LogP contribution in [0.5, 0.6) is 5.75 Å². The summed E-state index contributed by atoms with van der Waals surface area (Å²) in [5, 5.41) is 4.14. The summed E-state index contributed by atoms with van der Waals surface area (Å²) >= 11 is 6.10. The van der Waals surface area contributed by atoms with Crippen molar-refractivity contribution in [3.8, 4) is 5.75 Å². The van der Waals surface area contributed by atoms with Crippen LogP contribution < -0.4 is 10.1 Å². The van der Waals surface area contributed by atoms with Gasteiger partial charge in [0.05, 0.1) is 5.69 Å². The van der Waals surface area contributed by atoms with E-state index in [2.05, 4.69) is 5.32 Å². The van der Waals surface area contributed by atoms with E-state index in [0.717, 1.165) is 17.5 Å². The van der Waals surface area contributed by atoms with Gasteiger partial charge in [0.25, 0.3) is 5.91 Å². The summed E-state index contributed by atoms with van der Waals surface area (Å²) in [5.74, 6) is -4.75. The van der Waals surface area contributed by atoms with Gasteiger partial charge in [0, 0.05) is 15.8 Å². The van der Waals surface area contributed by atoms with Crippen LogP contribution in [0.15, 0.2) is 48.5 Å². The van der Waals surface area contributed by atoms with Crippen LogP contribution in [0.25, 0.3) is 10.8 Å². The van der Waals surface area contributed by atoms with Gasteiger partial charge < -0.3 is 10.1 Å². The number of carbonyl (C=O) groups excluding carboxylic acids is 1. The van der Waals surface area contributed by atoms with E-state index in [-0.39, 0.29) is 0 Å². The molecule has 0 heterocycles. The number of halogens is 4. The first-order valence-electron chi connectivity index (χ1n) is 7.21. The van der Waals surface area contributed by atoms with Crippen LogP contribution >= 0.6 is 11.6 Å². The van der Waals surface area contributed by atoms with E-state index in [0.29, 0.717) is 16.2 Å². The van der Waals surface area contributed by atoms with E-state index < -0.39 is 35.7 Å². The quantitative estimate of drug-likeness (QED) is 0.666. The zero-order chi connectivity index (χ0) is 18.0. The Labute approximate surface area is 146 Å². The average molecular weight is 366 g/mol. The molecule has 0 aliphatic heterocycles. The molecule has 1 N–H and O–H groups in total. The second-order valence-corrected chi connectivity index (χ2v) is 5.56. The van der Waals surface area contributed by atoms with E-state index in [1.807, 2.05) is 6.07 Å². The standard InChI is InChI=1S/C18H11ClF3NO2/c19-12-5-8-15(11-4-2-1-3-10(11)12)25-9-16(24)23-14-7-6-13(20)17(21)18(14)22/h1-8H,9H2,(H,23,24). The molecular formula is C18H11ClF3NO2. The Balaban J connectivity index is 1.73. The molecule has 25 heavy (non-hydrogen) atoms. The number of carbonyl (C=O) groups is 1. The maximum atomic E-state index is 13.6. The predicted molar refractivity (Wildman–Crippen MR) is 89.4 cm³/mol. The van der Waals surface area contributed by atoms with Gasteiger partial charge in [-0.05, 0) is 24.3 Å². The minimum atomic E-state index is -1.65. The maximum absolute atomic E-state index is 13.6. The highest BCUT2D eigenvalue weighted by molar-refractivity contribution is 6.35. The zero-order valence-electron chi connectivity index (χ0n) is 12.7. The second kappa shape index (κ2) is 7.03. The molecule has 0 saturated carbocycles. The van der Waals surface area contributed by atoms with Crippen molar-refractivity contribution in [2.45, 2.75) is 0 Å². The molecule has 0 atom stereocenters. The van der Waals surface area contributed by atoms with Gasteiger partial charge in [-0.3, -0.25) is 4.79 Å². The van der Waals surface area contributed by atoms with Crippen LogP contribution in [0.2, 0.25) is 5.02 Å². The molecule has 0 bridgehead atoms. The number of ether oxygens (including phenoxy) is 1. The van der Waals surface area contributed by atoms with E-state index >= 15 is 0 Å². The fourth-order valence-electron chi connectivity index (χ4n) is 2.31. The summed E-state index contributed by atoms with van der Waals surface area (Å²) in [6.07, 6.45) is 0. The van der Waals surface area contributed by atoms with Crippen molar-refractivity contribution < 1.29 is 22.7 Å². The molecular weight excluding hydrogens is 355 g/mol. The van der Waals surface area contributed by atoms with E-state index in [1.165, 1.54) is 0 Å². The fourth-order valence-corrected chi connectivity index (χ4v) is 2.54. The molecule has 0 radical (unpaired) electrons. The lowest BCUT2D eigenvalue weighted by atomic mass is 10.1. The van der Waals surface area contributed by atoms with Crippen molar-refractivity contribution in [3.05, 3.63) is 71.0 Å². The van der Waals surface area contributed by atoms with Crippen molar-refractivity contribution in [2.75, 3.05) is 11.9 Å². The fraction of sp³-hybridized carbons (Fsp3) is 0.0556. The number of benzene rings is 3. The largest absolute Gasteiger partial charge is 0.483 e. The molecule has 0 aliphatic carbocycles. The molecule has 3 aromatic carbocycles. The minimum Gasteiger partial charge on any atom is -0.483 e. The Morgan fingerprint density at radius 1 is 0.960 bits per heavy atom. The molecule has 1 amide bonds. The van der Waals surface area contributed by atoms with Crippen LogP contribution in [-0.4, -0.2) is 12.5 Å². The highest BCUT2D eigenvalue weighted by Gasteiger charge is 2.15. The van der Waals surface area contributed by atoms with Crippen LogP contribution in [0.4, 0.5) is 18.9 Å². The molecule has 0 unspecified atom stereocenters. The van der Waals surface area contributed by atoms with E-state index in [4.69, 9.17) is 16.3 Å². The average Bonchev–Trinajstić information content (AvgIpc) is 2.62.